The maximum Gasteiger partial charge on any atom is 0.333 e. The first-order valence-corrected chi connectivity index (χ1v) is 8.14. The quantitative estimate of drug-likeness (QED) is 0.622. The normalized spacial score (nSPS) is 17.9. The highest BCUT2D eigenvalue weighted by molar-refractivity contribution is 5.61. The van der Waals surface area contributed by atoms with Crippen molar-refractivity contribution >= 4 is 11.5 Å². The Morgan fingerprint density at radius 1 is 1.38 bits per heavy atom. The zero-order valence-corrected chi connectivity index (χ0v) is 14.0. The highest BCUT2D eigenvalue weighted by Crippen LogP contribution is 2.32. The van der Waals surface area contributed by atoms with E-state index in [0.29, 0.717) is 31.2 Å². The van der Waals surface area contributed by atoms with Crippen molar-refractivity contribution in [3.63, 3.8) is 0 Å². The maximum absolute atomic E-state index is 11.4. The molecule has 1 fully saturated rings. The number of benzene rings is 1. The summed E-state index contributed by atoms with van der Waals surface area (Å²) < 4.78 is 7.46. The zero-order valence-electron chi connectivity index (χ0n) is 14.0. The molecule has 0 spiro atoms. The summed E-state index contributed by atoms with van der Waals surface area (Å²) in [5, 5.41) is 15.6. The molecule has 3 rings (SSSR count). The second kappa shape index (κ2) is 7.00. The number of ether oxygens (including phenoxy) is 1. The Labute approximate surface area is 141 Å². The smallest absolute Gasteiger partial charge is 0.333 e. The van der Waals surface area contributed by atoms with Crippen LogP contribution in [-0.4, -0.2) is 40.5 Å². The molecule has 1 aliphatic rings. The van der Waals surface area contributed by atoms with Crippen LogP contribution in [0.1, 0.15) is 17.7 Å². The summed E-state index contributed by atoms with van der Waals surface area (Å²) in [7, 11) is 1.75. The fourth-order valence-electron chi connectivity index (χ4n) is 3.26. The molecule has 0 unspecified atom stereocenters. The summed E-state index contributed by atoms with van der Waals surface area (Å²) in [6, 6.07) is 10.3. The molecule has 0 amide bonds. The molecule has 1 aromatic carbocycles. The molecule has 1 saturated heterocycles. The van der Waals surface area contributed by atoms with Crippen molar-refractivity contribution in [3.8, 4) is 0 Å². The van der Waals surface area contributed by atoms with E-state index < -0.39 is 0 Å². The molecular formula is C17H22N4O3. The van der Waals surface area contributed by atoms with Crippen LogP contribution in [0.4, 0.5) is 11.5 Å². The van der Waals surface area contributed by atoms with E-state index in [9.17, 15) is 10.1 Å². The highest BCUT2D eigenvalue weighted by atomic mass is 16.6. The van der Waals surface area contributed by atoms with Crippen LogP contribution in [0.25, 0.3) is 0 Å². The Morgan fingerprint density at radius 2 is 2.12 bits per heavy atom. The largest absolute Gasteiger partial charge is 0.375 e. The summed E-state index contributed by atoms with van der Waals surface area (Å²) in [5.41, 5.74) is 1.83. The Hall–Kier alpha value is -2.41. The van der Waals surface area contributed by atoms with Crippen LogP contribution in [0.15, 0.2) is 30.3 Å². The number of aryl methyl sites for hydroxylation is 3. The van der Waals surface area contributed by atoms with Gasteiger partial charge < -0.3 is 9.64 Å². The van der Waals surface area contributed by atoms with Crippen molar-refractivity contribution in [2.24, 2.45) is 7.05 Å². The van der Waals surface area contributed by atoms with E-state index in [0.717, 1.165) is 12.8 Å². The van der Waals surface area contributed by atoms with Crippen LogP contribution < -0.4 is 4.90 Å². The molecule has 0 saturated carbocycles. The maximum atomic E-state index is 11.4. The summed E-state index contributed by atoms with van der Waals surface area (Å²) in [4.78, 5) is 13.1. The van der Waals surface area contributed by atoms with Crippen molar-refractivity contribution < 1.29 is 9.66 Å². The topological polar surface area (TPSA) is 73.4 Å². The average Bonchev–Trinajstić information content (AvgIpc) is 2.88. The average molecular weight is 330 g/mol. The van der Waals surface area contributed by atoms with Crippen LogP contribution >= 0.6 is 0 Å². The van der Waals surface area contributed by atoms with Crippen molar-refractivity contribution in [3.05, 3.63) is 51.7 Å². The van der Waals surface area contributed by atoms with E-state index in [2.05, 4.69) is 17.2 Å². The van der Waals surface area contributed by atoms with E-state index in [1.807, 2.05) is 23.1 Å². The van der Waals surface area contributed by atoms with Crippen LogP contribution in [0.5, 0.6) is 0 Å². The number of aromatic nitrogens is 2. The lowest BCUT2D eigenvalue weighted by atomic mass is 10.1. The number of morpholine rings is 1. The lowest BCUT2D eigenvalue weighted by Crippen LogP contribution is -2.43. The first-order valence-electron chi connectivity index (χ1n) is 8.14. The van der Waals surface area contributed by atoms with Gasteiger partial charge in [-0.05, 0) is 25.3 Å². The molecule has 24 heavy (non-hydrogen) atoms. The third kappa shape index (κ3) is 3.41. The predicted octanol–water partition coefficient (Wildman–Crippen LogP) is 2.47. The van der Waals surface area contributed by atoms with Crippen molar-refractivity contribution in [1.29, 1.82) is 0 Å². The Balaban J connectivity index is 1.71. The fourth-order valence-corrected chi connectivity index (χ4v) is 3.26. The fraction of sp³-hybridized carbons (Fsp3) is 0.471. The Kier molecular flexibility index (Phi) is 4.80. The molecule has 128 valence electrons. The van der Waals surface area contributed by atoms with Gasteiger partial charge in [0.05, 0.1) is 17.6 Å². The minimum absolute atomic E-state index is 0.0637. The molecule has 2 heterocycles. The van der Waals surface area contributed by atoms with Crippen molar-refractivity contribution in [1.82, 2.24) is 9.78 Å². The van der Waals surface area contributed by atoms with E-state index in [4.69, 9.17) is 4.74 Å². The predicted molar refractivity (Wildman–Crippen MR) is 91.3 cm³/mol. The van der Waals surface area contributed by atoms with Gasteiger partial charge in [0.1, 0.15) is 5.69 Å². The van der Waals surface area contributed by atoms with E-state index in [-0.39, 0.29) is 16.7 Å². The monoisotopic (exact) mass is 330 g/mol. The third-order valence-corrected chi connectivity index (χ3v) is 4.38. The molecular weight excluding hydrogens is 308 g/mol. The van der Waals surface area contributed by atoms with E-state index in [1.54, 1.807) is 18.7 Å². The zero-order chi connectivity index (χ0) is 17.1. The van der Waals surface area contributed by atoms with Gasteiger partial charge in [-0.3, -0.25) is 10.1 Å². The van der Waals surface area contributed by atoms with Crippen LogP contribution in [0.3, 0.4) is 0 Å². The lowest BCUT2D eigenvalue weighted by molar-refractivity contribution is -0.384. The van der Waals surface area contributed by atoms with Gasteiger partial charge in [-0.25, -0.2) is 4.68 Å². The van der Waals surface area contributed by atoms with Crippen LogP contribution in [0, 0.1) is 17.0 Å². The molecule has 2 aromatic rings. The number of nitrogens with zero attached hydrogens (tertiary/aromatic N) is 4. The number of anilines is 1. The second-order valence-electron chi connectivity index (χ2n) is 6.10. The summed E-state index contributed by atoms with van der Waals surface area (Å²) in [5.74, 6) is 0.575. The first kappa shape index (κ1) is 16.4. The molecule has 7 nitrogen and oxygen atoms in total. The van der Waals surface area contributed by atoms with Crippen molar-refractivity contribution in [2.45, 2.75) is 25.9 Å². The third-order valence-electron chi connectivity index (χ3n) is 4.38. The number of rotatable bonds is 5. The molecule has 0 N–H and O–H groups in total. The standard InChI is InChI=1S/C17H22N4O3/c1-13-16(21(22)23)17(19(2)18-13)20-10-11-24-15(12-20)9-8-14-6-4-3-5-7-14/h3-7,15H,8-12H2,1-2H3/t15-/m0/s1. The van der Waals surface area contributed by atoms with Gasteiger partial charge >= 0.3 is 5.69 Å². The summed E-state index contributed by atoms with van der Waals surface area (Å²) in [6.45, 7) is 3.53. The Bertz CT molecular complexity index is 714. The minimum Gasteiger partial charge on any atom is -0.375 e. The van der Waals surface area contributed by atoms with E-state index in [1.165, 1.54) is 5.56 Å². The lowest BCUT2D eigenvalue weighted by Gasteiger charge is -2.33. The van der Waals surface area contributed by atoms with Crippen molar-refractivity contribution in [2.75, 3.05) is 24.6 Å². The minimum atomic E-state index is -0.341. The van der Waals surface area contributed by atoms with Crippen LogP contribution in [-0.2, 0) is 18.2 Å². The summed E-state index contributed by atoms with van der Waals surface area (Å²) >= 11 is 0. The highest BCUT2D eigenvalue weighted by Gasteiger charge is 2.31. The van der Waals surface area contributed by atoms with Gasteiger partial charge in [0, 0.05) is 20.1 Å². The van der Waals surface area contributed by atoms with E-state index >= 15 is 0 Å². The van der Waals surface area contributed by atoms with Crippen LogP contribution in [0.2, 0.25) is 0 Å². The molecule has 0 bridgehead atoms. The molecule has 7 heteroatoms. The number of hydrogen-bond donors (Lipinski definition) is 0. The number of nitro groups is 1. The van der Waals surface area contributed by atoms with Gasteiger partial charge in [-0.15, -0.1) is 0 Å². The first-order chi connectivity index (χ1) is 11.6. The molecule has 0 aliphatic carbocycles. The van der Waals surface area contributed by atoms with Gasteiger partial charge in [0.25, 0.3) is 0 Å². The SMILES string of the molecule is Cc1nn(C)c(N2CCO[C@@H](CCc3ccccc3)C2)c1[N+](=O)[O-]. The second-order valence-corrected chi connectivity index (χ2v) is 6.10. The van der Waals surface area contributed by atoms with Gasteiger partial charge in [0.15, 0.2) is 0 Å². The molecule has 1 aromatic heterocycles. The van der Waals surface area contributed by atoms with Gasteiger partial charge in [0.2, 0.25) is 5.82 Å². The molecule has 1 atom stereocenters. The number of hydrogen-bond acceptors (Lipinski definition) is 5. The molecule has 1 aliphatic heterocycles. The molecule has 0 radical (unpaired) electrons. The Morgan fingerprint density at radius 3 is 2.83 bits per heavy atom. The van der Waals surface area contributed by atoms with Gasteiger partial charge in [-0.2, -0.15) is 5.10 Å². The summed E-state index contributed by atoms with van der Waals surface area (Å²) in [6.07, 6.45) is 1.89. The van der Waals surface area contributed by atoms with Gasteiger partial charge in [-0.1, -0.05) is 30.3 Å².